The fourth-order valence-electron chi connectivity index (χ4n) is 4.06. The van der Waals surface area contributed by atoms with E-state index < -0.39 is 60.2 Å². The fourth-order valence-corrected chi connectivity index (χ4v) is 4.06. The summed E-state index contributed by atoms with van der Waals surface area (Å²) in [5.74, 6) is -1.70. The quantitative estimate of drug-likeness (QED) is 0.201. The van der Waals surface area contributed by atoms with Gasteiger partial charge >= 0.3 is 17.9 Å². The lowest BCUT2D eigenvalue weighted by atomic mass is 10.1. The molecule has 1 unspecified atom stereocenters. The van der Waals surface area contributed by atoms with Crippen LogP contribution < -0.4 is 11.1 Å². The SMILES string of the molecule is Cn1ccnc1C(NCCCC[C@H](N)C(=O)O)c1nccn1CC(=O)N(CC(=O)OC(C)(C)C)CC(=O)OC(C)(C)C. The lowest BCUT2D eigenvalue weighted by Gasteiger charge is -2.27. The second-order valence-corrected chi connectivity index (χ2v) is 12.1. The molecule has 2 heterocycles. The molecule has 0 aromatic carbocycles. The van der Waals surface area contributed by atoms with E-state index in [-0.39, 0.29) is 6.54 Å². The van der Waals surface area contributed by atoms with E-state index in [0.717, 1.165) is 4.90 Å². The van der Waals surface area contributed by atoms with Crippen LogP contribution in [0.25, 0.3) is 0 Å². The number of carboxylic acids is 1. The summed E-state index contributed by atoms with van der Waals surface area (Å²) in [5.41, 5.74) is 4.07. The summed E-state index contributed by atoms with van der Waals surface area (Å²) in [5, 5.41) is 12.4. The topological polar surface area (TPSA) is 184 Å². The number of nitrogens with zero attached hydrogens (tertiary/aromatic N) is 5. The van der Waals surface area contributed by atoms with Crippen molar-refractivity contribution in [2.45, 2.75) is 90.6 Å². The van der Waals surface area contributed by atoms with E-state index in [0.29, 0.717) is 37.5 Å². The number of aromatic nitrogens is 4. The first-order chi connectivity index (χ1) is 19.5. The number of esters is 2. The number of hydrogen-bond donors (Lipinski definition) is 3. The van der Waals surface area contributed by atoms with Crippen LogP contribution >= 0.6 is 0 Å². The average molecular weight is 592 g/mol. The van der Waals surface area contributed by atoms with Crippen LogP contribution in [-0.2, 0) is 42.2 Å². The van der Waals surface area contributed by atoms with Crippen molar-refractivity contribution in [3.05, 3.63) is 36.4 Å². The molecule has 0 aliphatic heterocycles. The number of rotatable bonds is 15. The van der Waals surface area contributed by atoms with Crippen molar-refractivity contribution in [1.29, 1.82) is 0 Å². The Labute approximate surface area is 246 Å². The number of unbranched alkanes of at least 4 members (excludes halogenated alkanes) is 1. The predicted molar refractivity (Wildman–Crippen MR) is 153 cm³/mol. The number of hydrogen-bond acceptors (Lipinski definition) is 10. The van der Waals surface area contributed by atoms with Gasteiger partial charge in [-0.05, 0) is 60.9 Å². The Balaban J connectivity index is 2.23. The zero-order valence-corrected chi connectivity index (χ0v) is 25.6. The summed E-state index contributed by atoms with van der Waals surface area (Å²) in [4.78, 5) is 59.8. The van der Waals surface area contributed by atoms with Crippen molar-refractivity contribution in [3.63, 3.8) is 0 Å². The fraction of sp³-hybridized carbons (Fsp3) is 0.643. The monoisotopic (exact) mass is 591 g/mol. The van der Waals surface area contributed by atoms with E-state index in [1.165, 1.54) is 0 Å². The van der Waals surface area contributed by atoms with E-state index in [9.17, 15) is 19.2 Å². The van der Waals surface area contributed by atoms with E-state index >= 15 is 0 Å². The van der Waals surface area contributed by atoms with Gasteiger partial charge in [-0.2, -0.15) is 0 Å². The summed E-state index contributed by atoms with van der Waals surface area (Å²) in [6.07, 6.45) is 8.23. The summed E-state index contributed by atoms with van der Waals surface area (Å²) >= 11 is 0. The average Bonchev–Trinajstić information content (AvgIpc) is 3.47. The molecule has 1 amide bonds. The first-order valence-corrected chi connectivity index (χ1v) is 13.9. The van der Waals surface area contributed by atoms with Crippen LogP contribution in [0.1, 0.15) is 78.5 Å². The first kappa shape index (κ1) is 34.4. The highest BCUT2D eigenvalue weighted by Gasteiger charge is 2.29. The molecular formula is C28H45N7O7. The first-order valence-electron chi connectivity index (χ1n) is 13.9. The highest BCUT2D eigenvalue weighted by molar-refractivity contribution is 5.86. The number of imidazole rings is 2. The van der Waals surface area contributed by atoms with Crippen molar-refractivity contribution in [1.82, 2.24) is 29.3 Å². The number of nitrogens with one attached hydrogen (secondary N) is 1. The molecule has 2 aromatic rings. The molecule has 0 aliphatic rings. The van der Waals surface area contributed by atoms with Gasteiger partial charge in [0.2, 0.25) is 5.91 Å². The number of ether oxygens (including phenoxy) is 2. The normalized spacial score (nSPS) is 13.3. The Morgan fingerprint density at radius 2 is 1.50 bits per heavy atom. The standard InChI is InChI=1S/C28H45N7O7/c1-27(2,3)41-21(37)17-35(18-22(38)42-28(4,5)6)20(36)16-34-15-13-32-25(34)23(24-31-12-14-33(24)7)30-11-9-8-10-19(29)26(39)40/h12-15,19,23,30H,8-11,16-18,29H2,1-7H3,(H,39,40)/t19-,23?/m0/s1. The second-order valence-electron chi connectivity index (χ2n) is 12.1. The van der Waals surface area contributed by atoms with Crippen LogP contribution in [0.15, 0.2) is 24.8 Å². The minimum Gasteiger partial charge on any atom is -0.480 e. The molecule has 42 heavy (non-hydrogen) atoms. The van der Waals surface area contributed by atoms with Gasteiger partial charge in [0.15, 0.2) is 0 Å². The third-order valence-corrected chi connectivity index (χ3v) is 5.87. The maximum absolute atomic E-state index is 13.5. The molecule has 0 saturated heterocycles. The van der Waals surface area contributed by atoms with Crippen LogP contribution in [0.2, 0.25) is 0 Å². The van der Waals surface area contributed by atoms with E-state index in [1.807, 2.05) is 11.6 Å². The third kappa shape index (κ3) is 11.6. The van der Waals surface area contributed by atoms with Gasteiger partial charge in [-0.15, -0.1) is 0 Å². The number of carboxylic acid groups (broad SMARTS) is 1. The smallest absolute Gasteiger partial charge is 0.326 e. The van der Waals surface area contributed by atoms with Gasteiger partial charge < -0.3 is 39.7 Å². The number of aryl methyl sites for hydroxylation is 1. The van der Waals surface area contributed by atoms with Gasteiger partial charge in [0.25, 0.3) is 0 Å². The minimum absolute atomic E-state index is 0.211. The number of carbonyl (C=O) groups is 4. The molecule has 0 bridgehead atoms. The summed E-state index contributed by atoms with van der Waals surface area (Å²) in [7, 11) is 1.84. The van der Waals surface area contributed by atoms with Gasteiger partial charge in [-0.25, -0.2) is 9.97 Å². The molecule has 2 atom stereocenters. The predicted octanol–water partition coefficient (Wildman–Crippen LogP) is 1.39. The number of aliphatic carboxylic acids is 1. The van der Waals surface area contributed by atoms with Crippen LogP contribution in [0.5, 0.6) is 0 Å². The van der Waals surface area contributed by atoms with Crippen molar-refractivity contribution in [2.75, 3.05) is 19.6 Å². The Bertz CT molecular complexity index is 1180. The Morgan fingerprint density at radius 1 is 0.952 bits per heavy atom. The number of carbonyl (C=O) groups excluding carboxylic acids is 3. The molecule has 0 saturated carbocycles. The van der Waals surface area contributed by atoms with E-state index in [2.05, 4.69) is 15.3 Å². The minimum atomic E-state index is -1.03. The summed E-state index contributed by atoms with van der Waals surface area (Å²) in [6.45, 7) is 9.73. The second kappa shape index (κ2) is 14.9. The number of amides is 1. The molecule has 4 N–H and O–H groups in total. The number of nitrogens with two attached hydrogens (primary N) is 1. The largest absolute Gasteiger partial charge is 0.480 e. The molecule has 2 aromatic heterocycles. The summed E-state index contributed by atoms with van der Waals surface area (Å²) in [6, 6.07) is -1.42. The van der Waals surface area contributed by atoms with Crippen molar-refractivity contribution >= 4 is 23.8 Å². The lowest BCUT2D eigenvalue weighted by Crippen LogP contribution is -2.44. The molecule has 0 aliphatic carbocycles. The molecule has 234 valence electrons. The highest BCUT2D eigenvalue weighted by Crippen LogP contribution is 2.20. The molecule has 14 nitrogen and oxygen atoms in total. The van der Waals surface area contributed by atoms with Gasteiger partial charge in [0, 0.05) is 31.8 Å². The highest BCUT2D eigenvalue weighted by atomic mass is 16.6. The molecule has 0 spiro atoms. The van der Waals surface area contributed by atoms with E-state index in [4.69, 9.17) is 20.3 Å². The summed E-state index contributed by atoms with van der Waals surface area (Å²) < 4.78 is 14.2. The maximum atomic E-state index is 13.5. The maximum Gasteiger partial charge on any atom is 0.326 e. The molecule has 0 fully saturated rings. The van der Waals surface area contributed by atoms with Crippen LogP contribution in [0.3, 0.4) is 0 Å². The van der Waals surface area contributed by atoms with Crippen LogP contribution in [-0.4, -0.2) is 89.8 Å². The lowest BCUT2D eigenvalue weighted by molar-refractivity contribution is -0.164. The van der Waals surface area contributed by atoms with Crippen molar-refractivity contribution < 1.29 is 33.8 Å². The van der Waals surface area contributed by atoms with E-state index in [1.54, 1.807) is 70.9 Å². The van der Waals surface area contributed by atoms with Gasteiger partial charge in [0.05, 0.1) is 0 Å². The molecule has 0 radical (unpaired) electrons. The van der Waals surface area contributed by atoms with Crippen LogP contribution in [0.4, 0.5) is 0 Å². The van der Waals surface area contributed by atoms with Crippen LogP contribution in [0, 0.1) is 0 Å². The van der Waals surface area contributed by atoms with Gasteiger partial charge in [-0.1, -0.05) is 6.42 Å². The molecule has 2 rings (SSSR count). The molecular weight excluding hydrogens is 546 g/mol. The van der Waals surface area contributed by atoms with Crippen molar-refractivity contribution in [3.8, 4) is 0 Å². The Morgan fingerprint density at radius 3 is 2.00 bits per heavy atom. The third-order valence-electron chi connectivity index (χ3n) is 5.87. The zero-order valence-electron chi connectivity index (χ0n) is 25.6. The Hall–Kier alpha value is -3.78. The zero-order chi connectivity index (χ0) is 31.7. The Kier molecular flexibility index (Phi) is 12.2. The van der Waals surface area contributed by atoms with Gasteiger partial charge in [-0.3, -0.25) is 19.2 Å². The van der Waals surface area contributed by atoms with Crippen molar-refractivity contribution in [2.24, 2.45) is 12.8 Å². The van der Waals surface area contributed by atoms with Gasteiger partial charge in [0.1, 0.15) is 54.6 Å². The molecule has 14 heteroatoms.